The molecule has 116 valence electrons. The number of carbonyl (C=O) groups excluding carboxylic acids is 1. The van der Waals surface area contributed by atoms with Crippen LogP contribution in [0, 0.1) is 5.82 Å². The van der Waals surface area contributed by atoms with E-state index in [1.54, 1.807) is 0 Å². The fourth-order valence-corrected chi connectivity index (χ4v) is 2.99. The molecule has 0 radical (unpaired) electrons. The predicted molar refractivity (Wildman–Crippen MR) is 75.4 cm³/mol. The van der Waals surface area contributed by atoms with Gasteiger partial charge in [-0.25, -0.2) is 31.9 Å². The lowest BCUT2D eigenvalue weighted by Gasteiger charge is -2.18. The Bertz CT molecular complexity index is 796. The maximum atomic E-state index is 13.4. The standard InChI is InChI=1S/C13H12FN3O4S/c1-17(13-15-6-3-7-16-13)22(19,20)11-8-9(14)4-5-10(11)12(18)21-2/h3-8H,1-2H3. The number of methoxy groups -OCH3 is 1. The molecule has 0 atom stereocenters. The van der Waals surface area contributed by atoms with E-state index in [0.717, 1.165) is 29.6 Å². The van der Waals surface area contributed by atoms with Crippen LogP contribution in [0.5, 0.6) is 0 Å². The Hall–Kier alpha value is -2.55. The zero-order chi connectivity index (χ0) is 16.3. The first kappa shape index (κ1) is 15.8. The maximum absolute atomic E-state index is 13.4. The molecular formula is C13H12FN3O4S. The Morgan fingerprint density at radius 3 is 2.50 bits per heavy atom. The van der Waals surface area contributed by atoms with E-state index in [4.69, 9.17) is 0 Å². The van der Waals surface area contributed by atoms with Crippen molar-refractivity contribution in [3.05, 3.63) is 48.0 Å². The SMILES string of the molecule is COC(=O)c1ccc(F)cc1S(=O)(=O)N(C)c1ncccn1. The lowest BCUT2D eigenvalue weighted by molar-refractivity contribution is 0.0596. The van der Waals surface area contributed by atoms with E-state index < -0.39 is 26.7 Å². The molecule has 1 heterocycles. The van der Waals surface area contributed by atoms with Gasteiger partial charge in [0.15, 0.2) is 0 Å². The summed E-state index contributed by atoms with van der Waals surface area (Å²) >= 11 is 0. The Balaban J connectivity index is 2.59. The summed E-state index contributed by atoms with van der Waals surface area (Å²) in [6.45, 7) is 0. The van der Waals surface area contributed by atoms with Gasteiger partial charge in [0.2, 0.25) is 5.95 Å². The number of hydrogen-bond donors (Lipinski definition) is 0. The molecule has 9 heteroatoms. The highest BCUT2D eigenvalue weighted by Crippen LogP contribution is 2.23. The topological polar surface area (TPSA) is 89.5 Å². The molecule has 0 aliphatic heterocycles. The molecule has 0 aliphatic carbocycles. The van der Waals surface area contributed by atoms with Crippen molar-refractivity contribution in [1.82, 2.24) is 9.97 Å². The molecule has 2 aromatic rings. The third-order valence-electron chi connectivity index (χ3n) is 2.82. The van der Waals surface area contributed by atoms with Crippen LogP contribution in [-0.4, -0.2) is 38.5 Å². The van der Waals surface area contributed by atoms with E-state index in [2.05, 4.69) is 14.7 Å². The Morgan fingerprint density at radius 1 is 1.27 bits per heavy atom. The van der Waals surface area contributed by atoms with Crippen molar-refractivity contribution in [1.29, 1.82) is 0 Å². The van der Waals surface area contributed by atoms with E-state index in [0.29, 0.717) is 0 Å². The van der Waals surface area contributed by atoms with Gasteiger partial charge in [0.25, 0.3) is 10.0 Å². The first-order valence-corrected chi connectivity index (χ1v) is 7.45. The summed E-state index contributed by atoms with van der Waals surface area (Å²) < 4.78 is 43.9. The van der Waals surface area contributed by atoms with Gasteiger partial charge in [0.1, 0.15) is 10.7 Å². The quantitative estimate of drug-likeness (QED) is 0.785. The first-order valence-electron chi connectivity index (χ1n) is 6.01. The minimum Gasteiger partial charge on any atom is -0.465 e. The van der Waals surface area contributed by atoms with Crippen molar-refractivity contribution >= 4 is 21.9 Å². The summed E-state index contributed by atoms with van der Waals surface area (Å²) in [4.78, 5) is 18.8. The van der Waals surface area contributed by atoms with Gasteiger partial charge in [-0.2, -0.15) is 0 Å². The van der Waals surface area contributed by atoms with E-state index in [-0.39, 0.29) is 11.5 Å². The molecule has 1 aromatic carbocycles. The average molecular weight is 325 g/mol. The van der Waals surface area contributed by atoms with Crippen LogP contribution in [0.25, 0.3) is 0 Å². The molecule has 7 nitrogen and oxygen atoms in total. The number of ether oxygens (including phenoxy) is 1. The summed E-state index contributed by atoms with van der Waals surface area (Å²) in [6.07, 6.45) is 2.72. The highest BCUT2D eigenvalue weighted by Gasteiger charge is 2.29. The second-order valence-corrected chi connectivity index (χ2v) is 6.09. The van der Waals surface area contributed by atoms with Crippen molar-refractivity contribution in [2.45, 2.75) is 4.90 Å². The zero-order valence-corrected chi connectivity index (χ0v) is 12.5. The monoisotopic (exact) mass is 325 g/mol. The molecule has 0 spiro atoms. The number of benzene rings is 1. The maximum Gasteiger partial charge on any atom is 0.339 e. The molecule has 0 N–H and O–H groups in total. The summed E-state index contributed by atoms with van der Waals surface area (Å²) in [7, 11) is -1.92. The van der Waals surface area contributed by atoms with Crippen molar-refractivity contribution in [2.75, 3.05) is 18.5 Å². The number of carbonyl (C=O) groups is 1. The number of aromatic nitrogens is 2. The first-order chi connectivity index (χ1) is 10.4. The largest absolute Gasteiger partial charge is 0.465 e. The number of anilines is 1. The molecule has 0 fully saturated rings. The molecule has 0 saturated heterocycles. The molecule has 0 bridgehead atoms. The van der Waals surface area contributed by atoms with Gasteiger partial charge in [0, 0.05) is 19.4 Å². The van der Waals surface area contributed by atoms with Gasteiger partial charge in [-0.05, 0) is 24.3 Å². The molecule has 0 amide bonds. The number of rotatable bonds is 4. The molecule has 0 saturated carbocycles. The minimum atomic E-state index is -4.23. The summed E-state index contributed by atoms with van der Waals surface area (Å²) in [5.74, 6) is -1.79. The Morgan fingerprint density at radius 2 is 1.91 bits per heavy atom. The average Bonchev–Trinajstić information content (AvgIpc) is 2.54. The lowest BCUT2D eigenvalue weighted by atomic mass is 10.2. The predicted octanol–water partition coefficient (Wildman–Crippen LogP) is 1.23. The van der Waals surface area contributed by atoms with Crippen LogP contribution in [0.2, 0.25) is 0 Å². The lowest BCUT2D eigenvalue weighted by Crippen LogP contribution is -2.29. The van der Waals surface area contributed by atoms with Gasteiger partial charge in [-0.15, -0.1) is 0 Å². The van der Waals surface area contributed by atoms with Crippen molar-refractivity contribution in [2.24, 2.45) is 0 Å². The van der Waals surface area contributed by atoms with Gasteiger partial charge >= 0.3 is 5.97 Å². The highest BCUT2D eigenvalue weighted by molar-refractivity contribution is 7.92. The zero-order valence-electron chi connectivity index (χ0n) is 11.7. The van der Waals surface area contributed by atoms with E-state index in [1.807, 2.05) is 0 Å². The number of sulfonamides is 1. The van der Waals surface area contributed by atoms with Crippen LogP contribution >= 0.6 is 0 Å². The van der Waals surface area contributed by atoms with Gasteiger partial charge in [-0.1, -0.05) is 0 Å². The van der Waals surface area contributed by atoms with Gasteiger partial charge in [-0.3, -0.25) is 0 Å². The molecule has 1 aromatic heterocycles. The second-order valence-electron chi connectivity index (χ2n) is 4.15. The van der Waals surface area contributed by atoms with Gasteiger partial charge < -0.3 is 4.74 Å². The third-order valence-corrected chi connectivity index (χ3v) is 4.60. The normalized spacial score (nSPS) is 11.0. The fraction of sp³-hybridized carbons (Fsp3) is 0.154. The highest BCUT2D eigenvalue weighted by atomic mass is 32.2. The van der Waals surface area contributed by atoms with Crippen LogP contribution in [0.4, 0.5) is 10.3 Å². The van der Waals surface area contributed by atoms with Crippen molar-refractivity contribution < 1.29 is 22.3 Å². The summed E-state index contributed by atoms with van der Waals surface area (Å²) in [5, 5.41) is 0. The van der Waals surface area contributed by atoms with Crippen LogP contribution < -0.4 is 4.31 Å². The number of esters is 1. The van der Waals surface area contributed by atoms with E-state index in [1.165, 1.54) is 25.5 Å². The van der Waals surface area contributed by atoms with Crippen molar-refractivity contribution in [3.63, 3.8) is 0 Å². The Kier molecular flexibility index (Phi) is 4.36. The minimum absolute atomic E-state index is 0.109. The van der Waals surface area contributed by atoms with Crippen LogP contribution in [0.1, 0.15) is 10.4 Å². The van der Waals surface area contributed by atoms with E-state index >= 15 is 0 Å². The van der Waals surface area contributed by atoms with Gasteiger partial charge in [0.05, 0.1) is 12.7 Å². The molecule has 0 aliphatic rings. The smallest absolute Gasteiger partial charge is 0.339 e. The molecular weight excluding hydrogens is 313 g/mol. The number of hydrogen-bond acceptors (Lipinski definition) is 6. The second kappa shape index (κ2) is 6.06. The fourth-order valence-electron chi connectivity index (χ4n) is 1.70. The van der Waals surface area contributed by atoms with Crippen LogP contribution in [0.15, 0.2) is 41.6 Å². The van der Waals surface area contributed by atoms with Crippen molar-refractivity contribution in [3.8, 4) is 0 Å². The Labute approximate surface area is 126 Å². The molecule has 0 unspecified atom stereocenters. The van der Waals surface area contributed by atoms with Crippen LogP contribution in [0.3, 0.4) is 0 Å². The molecule has 22 heavy (non-hydrogen) atoms. The van der Waals surface area contributed by atoms with Crippen LogP contribution in [-0.2, 0) is 14.8 Å². The number of halogens is 1. The molecule has 2 rings (SSSR count). The summed E-state index contributed by atoms with van der Waals surface area (Å²) in [6, 6.07) is 4.30. The van der Waals surface area contributed by atoms with E-state index in [9.17, 15) is 17.6 Å². The summed E-state index contributed by atoms with van der Waals surface area (Å²) in [5.41, 5.74) is -0.272. The third kappa shape index (κ3) is 2.89. The number of nitrogens with zero attached hydrogens (tertiary/aromatic N) is 3.